The van der Waals surface area contributed by atoms with Gasteiger partial charge in [-0.1, -0.05) is 32.1 Å². The van der Waals surface area contributed by atoms with E-state index in [0.717, 1.165) is 0 Å². The van der Waals surface area contributed by atoms with Gasteiger partial charge in [-0.3, -0.25) is 4.79 Å². The molecule has 1 aliphatic heterocycles. The maximum atomic E-state index is 12.5. The van der Waals surface area contributed by atoms with E-state index < -0.39 is 11.9 Å². The number of rotatable bonds is 6. The van der Waals surface area contributed by atoms with Crippen LogP contribution in [0.5, 0.6) is 0 Å². The number of hydrogen-bond donors (Lipinski definition) is 1. The van der Waals surface area contributed by atoms with E-state index in [0.29, 0.717) is 17.8 Å². The number of anilines is 2. The minimum absolute atomic E-state index is 0.00964. The largest absolute Gasteiger partial charge is 0.465 e. The van der Waals surface area contributed by atoms with Crippen molar-refractivity contribution in [1.82, 2.24) is 0 Å². The van der Waals surface area contributed by atoms with E-state index in [1.165, 1.54) is 25.2 Å². The second-order valence-electron chi connectivity index (χ2n) is 6.13. The van der Waals surface area contributed by atoms with Crippen LogP contribution in [-0.2, 0) is 23.9 Å². The van der Waals surface area contributed by atoms with E-state index in [4.69, 9.17) is 9.47 Å². The summed E-state index contributed by atoms with van der Waals surface area (Å²) in [4.78, 5) is 38.7. The molecular weight excluding hydrogens is 360 g/mol. The highest BCUT2D eigenvalue weighted by Crippen LogP contribution is 2.32. The van der Waals surface area contributed by atoms with E-state index in [2.05, 4.69) is 5.32 Å². The SMILES string of the molecule is CCC(C)C(=O)Nc1ccccc1N1C=CC=CC(C(=O)OC)=C1C(=O)OC. The highest BCUT2D eigenvalue weighted by atomic mass is 16.5. The van der Waals surface area contributed by atoms with Crippen molar-refractivity contribution in [3.05, 3.63) is 60.0 Å². The van der Waals surface area contributed by atoms with Gasteiger partial charge in [-0.05, 0) is 30.7 Å². The molecule has 0 saturated heterocycles. The number of nitrogens with one attached hydrogen (secondary N) is 1. The molecule has 148 valence electrons. The summed E-state index contributed by atoms with van der Waals surface area (Å²) < 4.78 is 9.71. The number of nitrogens with zero attached hydrogens (tertiary/aromatic N) is 1. The maximum Gasteiger partial charge on any atom is 0.355 e. The zero-order valence-corrected chi connectivity index (χ0v) is 16.4. The van der Waals surface area contributed by atoms with Gasteiger partial charge in [0.05, 0.1) is 31.2 Å². The average Bonchev–Trinajstić information content (AvgIpc) is 2.95. The third kappa shape index (κ3) is 4.49. The molecule has 1 unspecified atom stereocenters. The number of para-hydroxylation sites is 2. The second kappa shape index (κ2) is 9.55. The maximum absolute atomic E-state index is 12.5. The first-order valence-corrected chi connectivity index (χ1v) is 8.89. The van der Waals surface area contributed by atoms with E-state index >= 15 is 0 Å². The minimum Gasteiger partial charge on any atom is -0.465 e. The quantitative estimate of drug-likeness (QED) is 0.759. The van der Waals surface area contributed by atoms with Gasteiger partial charge in [0.25, 0.3) is 0 Å². The monoisotopic (exact) mass is 384 g/mol. The number of carbonyl (C=O) groups is 3. The summed E-state index contributed by atoms with van der Waals surface area (Å²) in [5, 5.41) is 2.89. The molecule has 2 rings (SSSR count). The first kappa shape index (κ1) is 21.0. The molecule has 1 atom stereocenters. The van der Waals surface area contributed by atoms with Gasteiger partial charge in [-0.15, -0.1) is 0 Å². The predicted octanol–water partition coefficient (Wildman–Crippen LogP) is 3.16. The van der Waals surface area contributed by atoms with Crippen LogP contribution in [0, 0.1) is 5.92 Å². The number of amides is 1. The summed E-state index contributed by atoms with van der Waals surface area (Å²) in [6.07, 6.45) is 7.09. The normalized spacial score (nSPS) is 14.4. The fourth-order valence-corrected chi connectivity index (χ4v) is 2.58. The Morgan fingerprint density at radius 1 is 1.07 bits per heavy atom. The summed E-state index contributed by atoms with van der Waals surface area (Å²) in [5.41, 5.74) is 1.05. The minimum atomic E-state index is -0.709. The standard InChI is InChI=1S/C21H24N2O5/c1-5-14(2)19(24)22-16-11-6-7-12-17(16)23-13-9-8-10-15(20(25)27-3)18(23)21(26)28-4/h6-14H,5H2,1-4H3,(H,22,24). The first-order chi connectivity index (χ1) is 13.4. The van der Waals surface area contributed by atoms with Gasteiger partial charge in [0.1, 0.15) is 5.70 Å². The van der Waals surface area contributed by atoms with Gasteiger partial charge in [-0.2, -0.15) is 0 Å². The van der Waals surface area contributed by atoms with Gasteiger partial charge in [0.2, 0.25) is 5.91 Å². The lowest BCUT2D eigenvalue weighted by Gasteiger charge is -2.25. The summed E-state index contributed by atoms with van der Waals surface area (Å²) in [6, 6.07) is 7.01. The van der Waals surface area contributed by atoms with Crippen molar-refractivity contribution >= 4 is 29.2 Å². The van der Waals surface area contributed by atoms with Crippen LogP contribution in [0.3, 0.4) is 0 Å². The van der Waals surface area contributed by atoms with Crippen LogP contribution < -0.4 is 10.2 Å². The van der Waals surface area contributed by atoms with Gasteiger partial charge in [0, 0.05) is 12.1 Å². The number of benzene rings is 1. The molecule has 7 heteroatoms. The third-order valence-electron chi connectivity index (χ3n) is 4.37. The van der Waals surface area contributed by atoms with Gasteiger partial charge in [-0.25, -0.2) is 9.59 Å². The Morgan fingerprint density at radius 3 is 2.39 bits per heavy atom. The predicted molar refractivity (Wildman–Crippen MR) is 106 cm³/mol. The van der Waals surface area contributed by atoms with E-state index in [9.17, 15) is 14.4 Å². The summed E-state index contributed by atoms with van der Waals surface area (Å²) in [5.74, 6) is -1.69. The molecule has 0 aromatic heterocycles. The van der Waals surface area contributed by atoms with E-state index in [1.807, 2.05) is 13.8 Å². The highest BCUT2D eigenvalue weighted by molar-refractivity contribution is 6.06. The van der Waals surface area contributed by atoms with Crippen molar-refractivity contribution in [2.45, 2.75) is 20.3 Å². The lowest BCUT2D eigenvalue weighted by atomic mass is 10.1. The Morgan fingerprint density at radius 2 is 1.75 bits per heavy atom. The van der Waals surface area contributed by atoms with Crippen molar-refractivity contribution in [1.29, 1.82) is 0 Å². The Bertz CT molecular complexity index is 854. The highest BCUT2D eigenvalue weighted by Gasteiger charge is 2.28. The van der Waals surface area contributed by atoms with Crippen LogP contribution in [-0.4, -0.2) is 32.1 Å². The van der Waals surface area contributed by atoms with Gasteiger partial charge in [0.15, 0.2) is 0 Å². The number of carbonyl (C=O) groups excluding carboxylic acids is 3. The van der Waals surface area contributed by atoms with Gasteiger partial charge >= 0.3 is 11.9 Å². The molecule has 1 heterocycles. The second-order valence-corrected chi connectivity index (χ2v) is 6.13. The average molecular weight is 384 g/mol. The molecule has 0 radical (unpaired) electrons. The molecule has 1 aromatic carbocycles. The first-order valence-electron chi connectivity index (χ1n) is 8.89. The number of allylic oxidation sites excluding steroid dienone is 2. The number of esters is 2. The Kier molecular flexibility index (Phi) is 7.14. The van der Waals surface area contributed by atoms with Crippen LogP contribution in [0.2, 0.25) is 0 Å². The van der Waals surface area contributed by atoms with Gasteiger partial charge < -0.3 is 19.7 Å². The Hall–Kier alpha value is -3.35. The van der Waals surface area contributed by atoms with Crippen molar-refractivity contribution < 1.29 is 23.9 Å². The van der Waals surface area contributed by atoms with Crippen LogP contribution in [0.15, 0.2) is 60.0 Å². The molecule has 1 N–H and O–H groups in total. The molecule has 28 heavy (non-hydrogen) atoms. The fraction of sp³-hybridized carbons (Fsp3) is 0.286. The van der Waals surface area contributed by atoms with Crippen molar-refractivity contribution in [2.24, 2.45) is 5.92 Å². The van der Waals surface area contributed by atoms with Crippen LogP contribution in [0.1, 0.15) is 20.3 Å². The van der Waals surface area contributed by atoms with Crippen molar-refractivity contribution in [2.75, 3.05) is 24.4 Å². The molecule has 0 fully saturated rings. The Labute approximate surface area is 164 Å². The number of ether oxygens (including phenoxy) is 2. The van der Waals surface area contributed by atoms with E-state index in [1.54, 1.807) is 42.6 Å². The zero-order chi connectivity index (χ0) is 20.7. The molecular formula is C21H24N2O5. The lowest BCUT2D eigenvalue weighted by molar-refractivity contribution is -0.139. The molecule has 0 spiro atoms. The van der Waals surface area contributed by atoms with Crippen molar-refractivity contribution in [3.63, 3.8) is 0 Å². The third-order valence-corrected chi connectivity index (χ3v) is 4.37. The number of hydrogen-bond acceptors (Lipinski definition) is 6. The summed E-state index contributed by atoms with van der Waals surface area (Å²) in [6.45, 7) is 3.77. The topological polar surface area (TPSA) is 84.9 Å². The molecule has 0 aliphatic carbocycles. The van der Waals surface area contributed by atoms with Crippen LogP contribution in [0.4, 0.5) is 11.4 Å². The zero-order valence-electron chi connectivity index (χ0n) is 16.4. The summed E-state index contributed by atoms with van der Waals surface area (Å²) in [7, 11) is 2.47. The van der Waals surface area contributed by atoms with Crippen LogP contribution >= 0.6 is 0 Å². The molecule has 0 saturated carbocycles. The van der Waals surface area contributed by atoms with E-state index in [-0.39, 0.29) is 23.1 Å². The molecule has 7 nitrogen and oxygen atoms in total. The molecule has 1 aromatic rings. The summed E-state index contributed by atoms with van der Waals surface area (Å²) >= 11 is 0. The van der Waals surface area contributed by atoms with Crippen molar-refractivity contribution in [3.8, 4) is 0 Å². The number of methoxy groups -OCH3 is 2. The smallest absolute Gasteiger partial charge is 0.355 e. The fourth-order valence-electron chi connectivity index (χ4n) is 2.58. The molecule has 1 amide bonds. The lowest BCUT2D eigenvalue weighted by Crippen LogP contribution is -2.28. The molecule has 0 bridgehead atoms. The Balaban J connectivity index is 2.60. The molecule has 1 aliphatic rings. The van der Waals surface area contributed by atoms with Crippen LogP contribution in [0.25, 0.3) is 0 Å².